The Morgan fingerprint density at radius 1 is 0.396 bits per heavy atom. The summed E-state index contributed by atoms with van der Waals surface area (Å²) in [5.74, 6) is 0. The zero-order valence-electron chi connectivity index (χ0n) is 25.8. The normalized spacial score (nSPS) is 11.3. The van der Waals surface area contributed by atoms with Gasteiger partial charge in [0.05, 0.1) is 51.0 Å². The lowest BCUT2D eigenvalue weighted by Gasteiger charge is -2.17. The minimum Gasteiger partial charge on any atom is -0.309 e. The van der Waals surface area contributed by atoms with E-state index in [1.54, 1.807) is 0 Å². The Bertz CT molecular complexity index is 2690. The van der Waals surface area contributed by atoms with Gasteiger partial charge in [0.15, 0.2) is 0 Å². The summed E-state index contributed by atoms with van der Waals surface area (Å²) in [6.45, 7) is 0. The van der Waals surface area contributed by atoms with Crippen molar-refractivity contribution in [3.63, 3.8) is 0 Å². The second-order valence-electron chi connectivity index (χ2n) is 12.0. The number of nitriles is 2. The van der Waals surface area contributed by atoms with E-state index in [1.807, 2.05) is 36.4 Å². The van der Waals surface area contributed by atoms with Crippen LogP contribution in [0.5, 0.6) is 0 Å². The molecule has 9 rings (SSSR count). The Morgan fingerprint density at radius 3 is 1.40 bits per heavy atom. The van der Waals surface area contributed by atoms with E-state index in [-0.39, 0.29) is 0 Å². The summed E-state index contributed by atoms with van der Waals surface area (Å²) in [7, 11) is 0. The monoisotopic (exact) mass is 610 g/mol. The van der Waals surface area contributed by atoms with E-state index in [2.05, 4.69) is 143 Å². The molecule has 0 radical (unpaired) electrons. The maximum Gasteiger partial charge on any atom is 0.0998 e. The van der Waals surface area contributed by atoms with Gasteiger partial charge in [-0.3, -0.25) is 0 Å². The quantitative estimate of drug-likeness (QED) is 0.199. The minimum absolute atomic E-state index is 0.576. The Labute approximate surface area is 277 Å². The van der Waals surface area contributed by atoms with Crippen LogP contribution in [0.25, 0.3) is 77.2 Å². The number of benzene rings is 7. The van der Waals surface area contributed by atoms with Crippen LogP contribution in [0.2, 0.25) is 0 Å². The van der Waals surface area contributed by atoms with Crippen molar-refractivity contribution < 1.29 is 0 Å². The van der Waals surface area contributed by atoms with Gasteiger partial charge >= 0.3 is 0 Å². The molecule has 0 unspecified atom stereocenters. The molecule has 0 aliphatic carbocycles. The Morgan fingerprint density at radius 2 is 0.875 bits per heavy atom. The fraction of sp³-hybridized carbons (Fsp3) is 0. The number of hydrogen-bond donors (Lipinski definition) is 0. The van der Waals surface area contributed by atoms with Gasteiger partial charge in [-0.1, -0.05) is 97.1 Å². The molecule has 0 N–H and O–H groups in total. The molecule has 0 atom stereocenters. The van der Waals surface area contributed by atoms with Crippen LogP contribution in [0.1, 0.15) is 11.1 Å². The molecule has 2 heterocycles. The molecule has 0 amide bonds. The van der Waals surface area contributed by atoms with Crippen LogP contribution in [0, 0.1) is 22.7 Å². The first-order valence-corrected chi connectivity index (χ1v) is 15.9. The van der Waals surface area contributed by atoms with E-state index in [0.717, 1.165) is 66.5 Å². The number of para-hydroxylation sites is 4. The van der Waals surface area contributed by atoms with Crippen molar-refractivity contribution in [3.05, 3.63) is 169 Å². The molecule has 9 aromatic rings. The third kappa shape index (κ3) is 4.07. The van der Waals surface area contributed by atoms with Crippen molar-refractivity contribution in [3.8, 4) is 45.8 Å². The van der Waals surface area contributed by atoms with Gasteiger partial charge < -0.3 is 9.13 Å². The highest BCUT2D eigenvalue weighted by Gasteiger charge is 2.19. The van der Waals surface area contributed by atoms with E-state index >= 15 is 0 Å². The Hall–Kier alpha value is -6.88. The van der Waals surface area contributed by atoms with Crippen molar-refractivity contribution in [1.82, 2.24) is 9.13 Å². The average molecular weight is 611 g/mol. The first-order valence-electron chi connectivity index (χ1n) is 15.9. The second-order valence-corrected chi connectivity index (χ2v) is 12.0. The molecule has 0 bridgehead atoms. The third-order valence-electron chi connectivity index (χ3n) is 9.43. The summed E-state index contributed by atoms with van der Waals surface area (Å²) in [4.78, 5) is 0. The largest absolute Gasteiger partial charge is 0.309 e. The van der Waals surface area contributed by atoms with E-state index < -0.39 is 0 Å². The summed E-state index contributed by atoms with van der Waals surface area (Å²) < 4.78 is 4.54. The highest BCUT2D eigenvalue weighted by molar-refractivity contribution is 6.10. The molecule has 4 heteroatoms. The first kappa shape index (κ1) is 27.4. The summed E-state index contributed by atoms with van der Waals surface area (Å²) in [5, 5.41) is 25.3. The molecule has 4 nitrogen and oxygen atoms in total. The Balaban J connectivity index is 1.22. The van der Waals surface area contributed by atoms with Crippen LogP contribution in [-0.2, 0) is 0 Å². The van der Waals surface area contributed by atoms with Crippen LogP contribution in [0.3, 0.4) is 0 Å². The van der Waals surface area contributed by atoms with Gasteiger partial charge in [-0.2, -0.15) is 10.5 Å². The second kappa shape index (κ2) is 10.9. The molecule has 2 aromatic heterocycles. The maximum atomic E-state index is 10.4. The molecule has 0 saturated heterocycles. The molecular weight excluding hydrogens is 585 g/mol. The lowest BCUT2D eigenvalue weighted by atomic mass is 9.92. The van der Waals surface area contributed by atoms with Gasteiger partial charge in [-0.25, -0.2) is 0 Å². The molecule has 7 aromatic carbocycles. The molecule has 0 aliphatic rings. The van der Waals surface area contributed by atoms with Crippen LogP contribution >= 0.6 is 0 Å². The topological polar surface area (TPSA) is 57.4 Å². The van der Waals surface area contributed by atoms with Crippen molar-refractivity contribution in [1.29, 1.82) is 10.5 Å². The van der Waals surface area contributed by atoms with E-state index in [1.165, 1.54) is 10.8 Å². The van der Waals surface area contributed by atoms with Crippen LogP contribution in [-0.4, -0.2) is 9.13 Å². The summed E-state index contributed by atoms with van der Waals surface area (Å²) in [6.07, 6.45) is 0. The lowest BCUT2D eigenvalue weighted by Crippen LogP contribution is -2.00. The summed E-state index contributed by atoms with van der Waals surface area (Å²) in [6, 6.07) is 58.8. The molecule has 0 spiro atoms. The van der Waals surface area contributed by atoms with Gasteiger partial charge in [0.25, 0.3) is 0 Å². The van der Waals surface area contributed by atoms with Crippen molar-refractivity contribution >= 4 is 43.6 Å². The number of nitrogens with zero attached hydrogens (tertiary/aromatic N) is 4. The number of fused-ring (bicyclic) bond motifs is 6. The molecule has 48 heavy (non-hydrogen) atoms. The maximum absolute atomic E-state index is 10.4. The molecular formula is C44H26N4. The zero-order valence-corrected chi connectivity index (χ0v) is 25.8. The molecule has 0 saturated carbocycles. The highest BCUT2D eigenvalue weighted by atomic mass is 15.0. The van der Waals surface area contributed by atoms with E-state index in [4.69, 9.17) is 0 Å². The number of aromatic nitrogens is 2. The fourth-order valence-electron chi connectivity index (χ4n) is 7.33. The standard InChI is InChI=1S/C44H26N4/c45-27-31-21-20-30(44-32(28-46)10-9-19-43(44)48-41-17-7-3-13-36(41)37-14-4-8-18-42(37)48)26-38(31)29-22-24-33(25-23-29)47-39-15-5-1-11-34(39)35-12-2-6-16-40(35)47/h1-26H. The Kier molecular flexibility index (Phi) is 6.22. The first-order chi connectivity index (χ1) is 23.7. The van der Waals surface area contributed by atoms with Gasteiger partial charge in [-0.05, 0) is 71.8 Å². The van der Waals surface area contributed by atoms with Gasteiger partial charge in [0.2, 0.25) is 0 Å². The van der Waals surface area contributed by atoms with Crippen molar-refractivity contribution in [2.75, 3.05) is 0 Å². The van der Waals surface area contributed by atoms with Crippen LogP contribution in [0.15, 0.2) is 158 Å². The summed E-state index contributed by atoms with van der Waals surface area (Å²) in [5.41, 5.74) is 11.0. The SMILES string of the molecule is N#Cc1ccc(-c2c(C#N)cccc2-n2c3ccccc3c3ccccc32)cc1-c1ccc(-n2c3ccccc3c3ccccc32)cc1. The fourth-order valence-corrected chi connectivity index (χ4v) is 7.33. The van der Waals surface area contributed by atoms with Gasteiger partial charge in [-0.15, -0.1) is 0 Å². The zero-order chi connectivity index (χ0) is 32.2. The van der Waals surface area contributed by atoms with Gasteiger partial charge in [0, 0.05) is 38.4 Å². The highest BCUT2D eigenvalue weighted by Crippen LogP contribution is 2.40. The van der Waals surface area contributed by atoms with Crippen LogP contribution in [0.4, 0.5) is 0 Å². The number of rotatable bonds is 4. The molecule has 0 fully saturated rings. The van der Waals surface area contributed by atoms with E-state index in [9.17, 15) is 10.5 Å². The molecule has 0 aliphatic heterocycles. The summed E-state index contributed by atoms with van der Waals surface area (Å²) >= 11 is 0. The van der Waals surface area contributed by atoms with Crippen molar-refractivity contribution in [2.24, 2.45) is 0 Å². The predicted molar refractivity (Wildman–Crippen MR) is 195 cm³/mol. The lowest BCUT2D eigenvalue weighted by molar-refractivity contribution is 1.18. The average Bonchev–Trinajstić information content (AvgIpc) is 3.67. The third-order valence-corrected chi connectivity index (χ3v) is 9.43. The smallest absolute Gasteiger partial charge is 0.0998 e. The van der Waals surface area contributed by atoms with Gasteiger partial charge in [0.1, 0.15) is 0 Å². The van der Waals surface area contributed by atoms with E-state index in [0.29, 0.717) is 11.1 Å². The predicted octanol–water partition coefficient (Wildman–Crippen LogP) is 11.0. The molecule has 222 valence electrons. The number of hydrogen-bond acceptors (Lipinski definition) is 2. The van der Waals surface area contributed by atoms with Crippen molar-refractivity contribution in [2.45, 2.75) is 0 Å². The van der Waals surface area contributed by atoms with Crippen LogP contribution < -0.4 is 0 Å². The minimum atomic E-state index is 0.576.